The largest absolute Gasteiger partial charge is 0.296 e. The minimum atomic E-state index is -0.143. The van der Waals surface area contributed by atoms with E-state index in [2.05, 4.69) is 4.98 Å². The number of aryl methyl sites for hydroxylation is 1. The number of rotatable bonds is 1. The lowest BCUT2D eigenvalue weighted by Gasteiger charge is -1.99. The lowest BCUT2D eigenvalue weighted by atomic mass is 10.5. The number of hydrogen-bond donors (Lipinski definition) is 0. The zero-order valence-electron chi connectivity index (χ0n) is 6.97. The van der Waals surface area contributed by atoms with Crippen LogP contribution in [0.4, 0.5) is 0 Å². The quantitative estimate of drug-likeness (QED) is 0.569. The molecule has 5 heteroatoms. The van der Waals surface area contributed by atoms with Crippen LogP contribution in [0.3, 0.4) is 0 Å². The van der Waals surface area contributed by atoms with Crippen molar-refractivity contribution in [2.24, 2.45) is 7.05 Å². The van der Waals surface area contributed by atoms with Crippen molar-refractivity contribution in [2.45, 2.75) is 0 Å². The van der Waals surface area contributed by atoms with E-state index < -0.39 is 0 Å². The SMILES string of the molecule is Cn1c(=O)ccn2c(C=O)cnc12. The molecule has 0 saturated carbocycles. The number of carbonyl (C=O) groups is 1. The topological polar surface area (TPSA) is 56.4 Å². The first-order valence-corrected chi connectivity index (χ1v) is 3.72. The standard InChI is InChI=1S/C8H7N3O2/c1-10-7(13)2-3-11-6(5-12)4-9-8(10)11/h2-5H,1H3. The summed E-state index contributed by atoms with van der Waals surface area (Å²) in [5.74, 6) is 0.467. The lowest BCUT2D eigenvalue weighted by molar-refractivity contribution is 0.111. The fourth-order valence-electron chi connectivity index (χ4n) is 1.20. The predicted molar refractivity (Wildman–Crippen MR) is 45.8 cm³/mol. The molecule has 0 N–H and O–H groups in total. The van der Waals surface area contributed by atoms with Crippen LogP contribution in [0.5, 0.6) is 0 Å². The third-order valence-corrected chi connectivity index (χ3v) is 1.92. The first-order chi connectivity index (χ1) is 6.24. The van der Waals surface area contributed by atoms with E-state index >= 15 is 0 Å². The molecular formula is C8H7N3O2. The van der Waals surface area contributed by atoms with Gasteiger partial charge in [-0.25, -0.2) is 4.98 Å². The van der Waals surface area contributed by atoms with Crippen LogP contribution < -0.4 is 5.56 Å². The number of imidazole rings is 1. The highest BCUT2D eigenvalue weighted by Crippen LogP contribution is 2.00. The van der Waals surface area contributed by atoms with Gasteiger partial charge in [-0.3, -0.25) is 18.6 Å². The van der Waals surface area contributed by atoms with Crippen molar-refractivity contribution in [3.63, 3.8) is 0 Å². The molecule has 0 aliphatic heterocycles. The maximum Gasteiger partial charge on any atom is 0.254 e. The summed E-state index contributed by atoms with van der Waals surface area (Å²) in [6.07, 6.45) is 3.67. The second-order valence-corrected chi connectivity index (χ2v) is 2.68. The average Bonchev–Trinajstić information content (AvgIpc) is 2.55. The lowest BCUT2D eigenvalue weighted by Crippen LogP contribution is -2.17. The summed E-state index contributed by atoms with van der Waals surface area (Å²) in [7, 11) is 1.61. The van der Waals surface area contributed by atoms with Gasteiger partial charge in [0.2, 0.25) is 5.78 Å². The molecule has 2 aromatic heterocycles. The summed E-state index contributed by atoms with van der Waals surface area (Å²) in [4.78, 5) is 25.6. The van der Waals surface area contributed by atoms with Crippen molar-refractivity contribution >= 4 is 12.1 Å². The van der Waals surface area contributed by atoms with Crippen LogP contribution in [-0.2, 0) is 7.05 Å². The van der Waals surface area contributed by atoms with E-state index in [0.29, 0.717) is 17.8 Å². The Kier molecular flexibility index (Phi) is 1.51. The number of aromatic nitrogens is 3. The van der Waals surface area contributed by atoms with Gasteiger partial charge in [-0.2, -0.15) is 0 Å². The van der Waals surface area contributed by atoms with E-state index in [4.69, 9.17) is 0 Å². The van der Waals surface area contributed by atoms with Crippen LogP contribution in [0.15, 0.2) is 23.3 Å². The van der Waals surface area contributed by atoms with E-state index in [1.807, 2.05) is 0 Å². The van der Waals surface area contributed by atoms with Crippen LogP contribution in [-0.4, -0.2) is 20.2 Å². The summed E-state index contributed by atoms with van der Waals surface area (Å²) in [5, 5.41) is 0. The molecule has 0 aliphatic carbocycles. The molecular weight excluding hydrogens is 170 g/mol. The fraction of sp³-hybridized carbons (Fsp3) is 0.125. The maximum absolute atomic E-state index is 11.2. The molecule has 2 heterocycles. The van der Waals surface area contributed by atoms with Gasteiger partial charge in [-0.1, -0.05) is 0 Å². The van der Waals surface area contributed by atoms with E-state index in [1.165, 1.54) is 23.0 Å². The predicted octanol–water partition coefficient (Wildman–Crippen LogP) is -0.155. The summed E-state index contributed by atoms with van der Waals surface area (Å²) >= 11 is 0. The number of nitrogens with zero attached hydrogens (tertiary/aromatic N) is 3. The Morgan fingerprint density at radius 1 is 1.54 bits per heavy atom. The van der Waals surface area contributed by atoms with Crippen LogP contribution in [0.1, 0.15) is 10.5 Å². The van der Waals surface area contributed by atoms with Gasteiger partial charge in [0.1, 0.15) is 5.69 Å². The van der Waals surface area contributed by atoms with E-state index in [1.54, 1.807) is 11.4 Å². The Hall–Kier alpha value is -1.91. The van der Waals surface area contributed by atoms with Gasteiger partial charge in [-0.05, 0) is 0 Å². The fourth-order valence-corrected chi connectivity index (χ4v) is 1.20. The molecule has 5 nitrogen and oxygen atoms in total. The summed E-state index contributed by atoms with van der Waals surface area (Å²) in [6, 6.07) is 1.39. The molecule has 0 unspecified atom stereocenters. The normalized spacial score (nSPS) is 10.5. The first-order valence-electron chi connectivity index (χ1n) is 3.72. The van der Waals surface area contributed by atoms with Gasteiger partial charge in [0, 0.05) is 19.3 Å². The number of fused-ring (bicyclic) bond motifs is 1. The van der Waals surface area contributed by atoms with Crippen molar-refractivity contribution in [3.05, 3.63) is 34.5 Å². The van der Waals surface area contributed by atoms with E-state index in [9.17, 15) is 9.59 Å². The molecule has 0 spiro atoms. The molecule has 0 saturated heterocycles. The number of aldehydes is 1. The van der Waals surface area contributed by atoms with Crippen molar-refractivity contribution in [1.82, 2.24) is 14.0 Å². The molecule has 0 bridgehead atoms. The molecule has 0 radical (unpaired) electrons. The van der Waals surface area contributed by atoms with Crippen molar-refractivity contribution < 1.29 is 4.79 Å². The molecule has 66 valence electrons. The van der Waals surface area contributed by atoms with Gasteiger partial charge in [0.05, 0.1) is 6.20 Å². The van der Waals surface area contributed by atoms with E-state index in [0.717, 1.165) is 0 Å². The third kappa shape index (κ3) is 0.970. The zero-order valence-corrected chi connectivity index (χ0v) is 6.97. The maximum atomic E-state index is 11.2. The number of hydrogen-bond acceptors (Lipinski definition) is 3. The van der Waals surface area contributed by atoms with Crippen LogP contribution in [0.2, 0.25) is 0 Å². The smallest absolute Gasteiger partial charge is 0.254 e. The molecule has 0 aromatic carbocycles. The average molecular weight is 177 g/mol. The highest BCUT2D eigenvalue weighted by atomic mass is 16.1. The minimum absolute atomic E-state index is 0.143. The van der Waals surface area contributed by atoms with Gasteiger partial charge in [0.15, 0.2) is 6.29 Å². The van der Waals surface area contributed by atoms with Crippen LogP contribution in [0.25, 0.3) is 5.78 Å². The van der Waals surface area contributed by atoms with Gasteiger partial charge >= 0.3 is 0 Å². The molecule has 2 rings (SSSR count). The molecule has 13 heavy (non-hydrogen) atoms. The number of carbonyl (C=O) groups excluding carboxylic acids is 1. The second kappa shape index (κ2) is 2.55. The molecule has 0 aliphatic rings. The van der Waals surface area contributed by atoms with Crippen molar-refractivity contribution in [1.29, 1.82) is 0 Å². The summed E-state index contributed by atoms with van der Waals surface area (Å²) in [5.41, 5.74) is 0.293. The molecule has 0 fully saturated rings. The van der Waals surface area contributed by atoms with Gasteiger partial charge in [0.25, 0.3) is 5.56 Å². The van der Waals surface area contributed by atoms with Crippen molar-refractivity contribution in [2.75, 3.05) is 0 Å². The Labute approximate surface area is 73.3 Å². The van der Waals surface area contributed by atoms with Gasteiger partial charge < -0.3 is 0 Å². The minimum Gasteiger partial charge on any atom is -0.296 e. The summed E-state index contributed by atoms with van der Waals surface area (Å²) < 4.78 is 2.95. The molecule has 0 atom stereocenters. The van der Waals surface area contributed by atoms with E-state index in [-0.39, 0.29) is 5.56 Å². The van der Waals surface area contributed by atoms with Crippen molar-refractivity contribution in [3.8, 4) is 0 Å². The first kappa shape index (κ1) is 7.72. The summed E-state index contributed by atoms with van der Waals surface area (Å²) in [6.45, 7) is 0. The Morgan fingerprint density at radius 3 is 3.00 bits per heavy atom. The van der Waals surface area contributed by atoms with Crippen LogP contribution >= 0.6 is 0 Å². The third-order valence-electron chi connectivity index (χ3n) is 1.92. The second-order valence-electron chi connectivity index (χ2n) is 2.68. The highest BCUT2D eigenvalue weighted by Gasteiger charge is 2.04. The highest BCUT2D eigenvalue weighted by molar-refractivity contribution is 5.73. The molecule has 2 aromatic rings. The monoisotopic (exact) mass is 177 g/mol. The molecule has 0 amide bonds. The Bertz CT molecular complexity index is 524. The van der Waals surface area contributed by atoms with Crippen LogP contribution in [0, 0.1) is 0 Å². The van der Waals surface area contributed by atoms with Gasteiger partial charge in [-0.15, -0.1) is 0 Å². The Morgan fingerprint density at radius 2 is 2.31 bits per heavy atom. The Balaban J connectivity index is 2.96. The zero-order chi connectivity index (χ0) is 9.42.